The molecular weight excluding hydrogens is 309 g/mol. The van der Waals surface area contributed by atoms with Gasteiger partial charge >= 0.3 is 0 Å². The number of carbonyl (C=O) groups is 1. The van der Waals surface area contributed by atoms with Gasteiger partial charge in [-0.25, -0.2) is 4.39 Å². The van der Waals surface area contributed by atoms with Crippen molar-refractivity contribution in [1.82, 2.24) is 15.1 Å². The lowest BCUT2D eigenvalue weighted by molar-refractivity contribution is -0.140. The molecule has 24 heavy (non-hydrogen) atoms. The highest BCUT2D eigenvalue weighted by atomic mass is 19.1. The van der Waals surface area contributed by atoms with Gasteiger partial charge in [0.05, 0.1) is 13.2 Å². The number of carbonyl (C=O) groups excluding carboxylic acids is 1. The number of amides is 1. The zero-order valence-electron chi connectivity index (χ0n) is 14.2. The normalized spacial score (nSPS) is 23.9. The van der Waals surface area contributed by atoms with Crippen LogP contribution in [0.5, 0.6) is 0 Å². The zero-order valence-corrected chi connectivity index (χ0v) is 14.2. The third kappa shape index (κ3) is 3.77. The summed E-state index contributed by atoms with van der Waals surface area (Å²) in [6.45, 7) is 3.88. The Kier molecular flexibility index (Phi) is 5.81. The predicted molar refractivity (Wildman–Crippen MR) is 90.2 cm³/mol. The number of morpholine rings is 1. The van der Waals surface area contributed by atoms with Gasteiger partial charge in [-0.05, 0) is 26.0 Å². The van der Waals surface area contributed by atoms with Crippen molar-refractivity contribution in [3.63, 3.8) is 0 Å². The number of nitrogens with zero attached hydrogens (tertiary/aromatic N) is 2. The van der Waals surface area contributed by atoms with Crippen molar-refractivity contribution >= 4 is 5.91 Å². The first-order valence-corrected chi connectivity index (χ1v) is 8.73. The van der Waals surface area contributed by atoms with E-state index in [1.807, 2.05) is 16.8 Å². The van der Waals surface area contributed by atoms with Crippen molar-refractivity contribution in [2.45, 2.75) is 24.9 Å². The van der Waals surface area contributed by atoms with E-state index in [-0.39, 0.29) is 11.7 Å². The Bertz CT molecular complexity index is 563. The lowest BCUT2D eigenvalue weighted by Crippen LogP contribution is -2.52. The quantitative estimate of drug-likeness (QED) is 0.904. The maximum absolute atomic E-state index is 14.4. The second-order valence-electron chi connectivity index (χ2n) is 6.48. The van der Waals surface area contributed by atoms with Gasteiger partial charge in [-0.2, -0.15) is 0 Å². The fourth-order valence-electron chi connectivity index (χ4n) is 3.60. The molecule has 6 heteroatoms. The van der Waals surface area contributed by atoms with E-state index >= 15 is 0 Å². The third-order valence-electron chi connectivity index (χ3n) is 4.99. The molecule has 1 amide bonds. The van der Waals surface area contributed by atoms with E-state index in [0.29, 0.717) is 44.5 Å². The molecule has 2 fully saturated rings. The Morgan fingerprint density at radius 3 is 2.75 bits per heavy atom. The van der Waals surface area contributed by atoms with Crippen molar-refractivity contribution in [3.05, 3.63) is 35.6 Å². The molecule has 5 nitrogen and oxygen atoms in total. The van der Waals surface area contributed by atoms with Crippen molar-refractivity contribution < 1.29 is 13.9 Å². The SMILES string of the molecule is CN[C@H]1CCCN(C(=O)[C@@H](c2ccccc2F)N2CCOCC2)C1. The van der Waals surface area contributed by atoms with Crippen LogP contribution >= 0.6 is 0 Å². The largest absolute Gasteiger partial charge is 0.379 e. The lowest BCUT2D eigenvalue weighted by Gasteiger charge is -2.39. The summed E-state index contributed by atoms with van der Waals surface area (Å²) in [6, 6.07) is 6.37. The minimum Gasteiger partial charge on any atom is -0.379 e. The van der Waals surface area contributed by atoms with Gasteiger partial charge in [0.15, 0.2) is 0 Å². The number of ether oxygens (including phenoxy) is 1. The predicted octanol–water partition coefficient (Wildman–Crippen LogP) is 1.41. The molecule has 2 aliphatic rings. The molecule has 0 unspecified atom stereocenters. The van der Waals surface area contributed by atoms with Crippen LogP contribution in [-0.4, -0.2) is 68.2 Å². The molecule has 0 aromatic heterocycles. The maximum atomic E-state index is 14.4. The van der Waals surface area contributed by atoms with Crippen molar-refractivity contribution in [1.29, 1.82) is 0 Å². The minimum atomic E-state index is -0.564. The van der Waals surface area contributed by atoms with Gasteiger partial charge in [0, 0.05) is 37.8 Å². The van der Waals surface area contributed by atoms with E-state index in [1.54, 1.807) is 18.2 Å². The molecular formula is C18H26FN3O2. The molecule has 2 heterocycles. The van der Waals surface area contributed by atoms with Gasteiger partial charge in [-0.1, -0.05) is 18.2 Å². The Labute approximate surface area is 142 Å². The molecule has 3 rings (SSSR count). The average Bonchev–Trinajstić information content (AvgIpc) is 2.64. The summed E-state index contributed by atoms with van der Waals surface area (Å²) in [5.74, 6) is -0.313. The monoisotopic (exact) mass is 335 g/mol. The van der Waals surface area contributed by atoms with Crippen LogP contribution in [-0.2, 0) is 9.53 Å². The molecule has 2 atom stereocenters. The van der Waals surface area contributed by atoms with Crippen molar-refractivity contribution in [3.8, 4) is 0 Å². The maximum Gasteiger partial charge on any atom is 0.244 e. The van der Waals surface area contributed by atoms with E-state index < -0.39 is 6.04 Å². The second-order valence-corrected chi connectivity index (χ2v) is 6.48. The first-order valence-electron chi connectivity index (χ1n) is 8.73. The molecule has 2 saturated heterocycles. The van der Waals surface area contributed by atoms with Gasteiger partial charge in [-0.15, -0.1) is 0 Å². The molecule has 2 aliphatic heterocycles. The van der Waals surface area contributed by atoms with Gasteiger partial charge in [0.25, 0.3) is 0 Å². The molecule has 1 aromatic carbocycles. The lowest BCUT2D eigenvalue weighted by atomic mass is 9.99. The second kappa shape index (κ2) is 8.05. The van der Waals surface area contributed by atoms with Crippen LogP contribution in [0.3, 0.4) is 0 Å². The molecule has 0 aliphatic carbocycles. The molecule has 1 N–H and O–H groups in total. The highest BCUT2D eigenvalue weighted by molar-refractivity contribution is 5.83. The van der Waals surface area contributed by atoms with Crippen LogP contribution in [0.25, 0.3) is 0 Å². The average molecular weight is 335 g/mol. The van der Waals surface area contributed by atoms with Gasteiger partial charge < -0.3 is 15.0 Å². The number of nitrogens with one attached hydrogen (secondary N) is 1. The summed E-state index contributed by atoms with van der Waals surface area (Å²) in [5.41, 5.74) is 0.469. The van der Waals surface area contributed by atoms with Crippen LogP contribution in [0.4, 0.5) is 4.39 Å². The van der Waals surface area contributed by atoms with Crippen LogP contribution in [0.15, 0.2) is 24.3 Å². The van der Waals surface area contributed by atoms with Crippen molar-refractivity contribution in [2.75, 3.05) is 46.4 Å². The molecule has 0 spiro atoms. The standard InChI is InChI=1S/C18H26FN3O2/c1-20-14-5-4-8-22(13-14)18(23)17(21-9-11-24-12-10-21)15-6-2-3-7-16(15)19/h2-3,6-7,14,17,20H,4-5,8-13H2,1H3/t14-,17+/m0/s1. The van der Waals surface area contributed by atoms with E-state index in [9.17, 15) is 9.18 Å². The summed E-state index contributed by atoms with van der Waals surface area (Å²) in [7, 11) is 1.93. The van der Waals surface area contributed by atoms with E-state index in [0.717, 1.165) is 19.4 Å². The number of hydrogen-bond acceptors (Lipinski definition) is 4. The Balaban J connectivity index is 1.86. The summed E-state index contributed by atoms with van der Waals surface area (Å²) < 4.78 is 19.8. The number of benzene rings is 1. The number of likely N-dealkylation sites (N-methyl/N-ethyl adjacent to an activating group) is 1. The Hall–Kier alpha value is -1.50. The fourth-order valence-corrected chi connectivity index (χ4v) is 3.60. The molecule has 0 saturated carbocycles. The summed E-state index contributed by atoms with van der Waals surface area (Å²) >= 11 is 0. The molecule has 1 aromatic rings. The van der Waals surface area contributed by atoms with Gasteiger partial charge in [0.1, 0.15) is 11.9 Å². The summed E-state index contributed by atoms with van der Waals surface area (Å²) in [6.07, 6.45) is 2.05. The molecule has 0 bridgehead atoms. The van der Waals surface area contributed by atoms with E-state index in [1.165, 1.54) is 6.07 Å². The van der Waals surface area contributed by atoms with Crippen molar-refractivity contribution in [2.24, 2.45) is 0 Å². The first-order chi connectivity index (χ1) is 11.7. The fraction of sp³-hybridized carbons (Fsp3) is 0.611. The number of hydrogen-bond donors (Lipinski definition) is 1. The summed E-state index contributed by atoms with van der Waals surface area (Å²) in [4.78, 5) is 17.2. The van der Waals surface area contributed by atoms with E-state index in [2.05, 4.69) is 5.32 Å². The zero-order chi connectivity index (χ0) is 16.9. The highest BCUT2D eigenvalue weighted by Crippen LogP contribution is 2.27. The van der Waals surface area contributed by atoms with Crippen LogP contribution in [0.1, 0.15) is 24.4 Å². The smallest absolute Gasteiger partial charge is 0.244 e. The van der Waals surface area contributed by atoms with Crippen LogP contribution in [0.2, 0.25) is 0 Å². The topological polar surface area (TPSA) is 44.8 Å². The molecule has 0 radical (unpaired) electrons. The van der Waals surface area contributed by atoms with Crippen LogP contribution in [0, 0.1) is 5.82 Å². The number of piperidine rings is 1. The highest BCUT2D eigenvalue weighted by Gasteiger charge is 2.35. The number of likely N-dealkylation sites (tertiary alicyclic amines) is 1. The van der Waals surface area contributed by atoms with Gasteiger partial charge in [-0.3, -0.25) is 9.69 Å². The Morgan fingerprint density at radius 2 is 2.04 bits per heavy atom. The van der Waals surface area contributed by atoms with Gasteiger partial charge in [0.2, 0.25) is 5.91 Å². The number of halogens is 1. The van der Waals surface area contributed by atoms with Crippen LogP contribution < -0.4 is 5.32 Å². The molecule has 132 valence electrons. The van der Waals surface area contributed by atoms with E-state index in [4.69, 9.17) is 4.74 Å². The Morgan fingerprint density at radius 1 is 1.29 bits per heavy atom. The third-order valence-corrected chi connectivity index (χ3v) is 4.99. The minimum absolute atomic E-state index is 0.00181. The summed E-state index contributed by atoms with van der Waals surface area (Å²) in [5, 5.41) is 3.26. The number of rotatable bonds is 4. The first kappa shape index (κ1) is 17.3.